The topological polar surface area (TPSA) is 68.9 Å². The number of nitriles is 1. The Morgan fingerprint density at radius 2 is 2.00 bits per heavy atom. The first kappa shape index (κ1) is 13.3. The number of pyridine rings is 1. The summed E-state index contributed by atoms with van der Waals surface area (Å²) in [6, 6.07) is 12.4. The Balaban J connectivity index is 2.14. The fourth-order valence-electron chi connectivity index (χ4n) is 1.68. The molecule has 5 heteroatoms. The van der Waals surface area contributed by atoms with Crippen molar-refractivity contribution in [2.24, 2.45) is 0 Å². The minimum Gasteiger partial charge on any atom is -0.394 e. The second-order valence-electron chi connectivity index (χ2n) is 3.97. The van der Waals surface area contributed by atoms with Crippen molar-refractivity contribution in [3.63, 3.8) is 0 Å². The van der Waals surface area contributed by atoms with Gasteiger partial charge in [-0.1, -0.05) is 23.7 Å². The van der Waals surface area contributed by atoms with Gasteiger partial charge in [0, 0.05) is 5.02 Å². The van der Waals surface area contributed by atoms with Crippen LogP contribution in [0.1, 0.15) is 17.3 Å². The van der Waals surface area contributed by atoms with E-state index in [2.05, 4.69) is 10.3 Å². The van der Waals surface area contributed by atoms with Crippen LogP contribution in [0.15, 0.2) is 42.6 Å². The van der Waals surface area contributed by atoms with E-state index in [4.69, 9.17) is 16.9 Å². The number of nitrogens with zero attached hydrogens (tertiary/aromatic N) is 2. The second kappa shape index (κ2) is 6.19. The molecule has 0 bridgehead atoms. The van der Waals surface area contributed by atoms with Crippen molar-refractivity contribution in [2.45, 2.75) is 6.04 Å². The Labute approximate surface area is 116 Å². The van der Waals surface area contributed by atoms with E-state index >= 15 is 0 Å². The van der Waals surface area contributed by atoms with Crippen molar-refractivity contribution >= 4 is 17.3 Å². The lowest BCUT2D eigenvalue weighted by atomic mass is 10.1. The predicted molar refractivity (Wildman–Crippen MR) is 73.9 cm³/mol. The molecule has 0 spiro atoms. The molecule has 0 aliphatic carbocycles. The Kier molecular flexibility index (Phi) is 4.35. The van der Waals surface area contributed by atoms with Gasteiger partial charge in [0.15, 0.2) is 0 Å². The van der Waals surface area contributed by atoms with E-state index in [1.807, 2.05) is 18.2 Å². The number of rotatable bonds is 4. The van der Waals surface area contributed by atoms with Gasteiger partial charge in [-0.15, -0.1) is 0 Å². The fraction of sp³-hybridized carbons (Fsp3) is 0.143. The molecular formula is C14H12ClN3O. The summed E-state index contributed by atoms with van der Waals surface area (Å²) in [5, 5.41) is 21.9. The van der Waals surface area contributed by atoms with Crippen LogP contribution in [0.3, 0.4) is 0 Å². The number of anilines is 1. The lowest BCUT2D eigenvalue weighted by Gasteiger charge is -2.17. The Morgan fingerprint density at radius 1 is 1.26 bits per heavy atom. The van der Waals surface area contributed by atoms with E-state index in [9.17, 15) is 5.11 Å². The SMILES string of the molecule is N#Cc1ccc(NC(CO)c2ccc(Cl)cc2)cn1. The number of aliphatic hydroxyl groups excluding tert-OH is 1. The molecule has 0 amide bonds. The zero-order valence-electron chi connectivity index (χ0n) is 10.0. The largest absolute Gasteiger partial charge is 0.394 e. The molecule has 2 aromatic rings. The number of aromatic nitrogens is 1. The first-order chi connectivity index (χ1) is 9.22. The van der Waals surface area contributed by atoms with Crippen molar-refractivity contribution in [2.75, 3.05) is 11.9 Å². The summed E-state index contributed by atoms with van der Waals surface area (Å²) in [4.78, 5) is 3.97. The molecule has 2 rings (SSSR count). The second-order valence-corrected chi connectivity index (χ2v) is 4.41. The van der Waals surface area contributed by atoms with Crippen LogP contribution in [0.4, 0.5) is 5.69 Å². The lowest BCUT2D eigenvalue weighted by Crippen LogP contribution is -2.14. The van der Waals surface area contributed by atoms with Gasteiger partial charge >= 0.3 is 0 Å². The summed E-state index contributed by atoms with van der Waals surface area (Å²) in [7, 11) is 0. The quantitative estimate of drug-likeness (QED) is 0.899. The molecule has 1 aromatic carbocycles. The fourth-order valence-corrected chi connectivity index (χ4v) is 1.80. The van der Waals surface area contributed by atoms with Crippen molar-refractivity contribution in [3.05, 3.63) is 58.9 Å². The maximum Gasteiger partial charge on any atom is 0.140 e. The molecule has 96 valence electrons. The van der Waals surface area contributed by atoms with Gasteiger partial charge in [0.05, 0.1) is 24.5 Å². The highest BCUT2D eigenvalue weighted by molar-refractivity contribution is 6.30. The molecule has 0 saturated heterocycles. The predicted octanol–water partition coefficient (Wildman–Crippen LogP) is 2.75. The lowest BCUT2D eigenvalue weighted by molar-refractivity contribution is 0.276. The minimum absolute atomic E-state index is 0.0539. The molecule has 1 atom stereocenters. The number of nitrogens with one attached hydrogen (secondary N) is 1. The molecule has 1 aromatic heterocycles. The Morgan fingerprint density at radius 3 is 2.53 bits per heavy atom. The number of halogens is 1. The molecule has 0 saturated carbocycles. The third-order valence-corrected chi connectivity index (χ3v) is 2.93. The zero-order chi connectivity index (χ0) is 13.7. The summed E-state index contributed by atoms with van der Waals surface area (Å²) in [6.07, 6.45) is 1.57. The van der Waals surface area contributed by atoms with Gasteiger partial charge < -0.3 is 10.4 Å². The van der Waals surface area contributed by atoms with Crippen molar-refractivity contribution in [3.8, 4) is 6.07 Å². The molecule has 0 aliphatic rings. The van der Waals surface area contributed by atoms with Crippen molar-refractivity contribution in [1.29, 1.82) is 5.26 Å². The molecule has 0 fully saturated rings. The molecule has 19 heavy (non-hydrogen) atoms. The summed E-state index contributed by atoms with van der Waals surface area (Å²) in [6.45, 7) is -0.0539. The molecule has 0 aliphatic heterocycles. The van der Waals surface area contributed by atoms with E-state index < -0.39 is 0 Å². The van der Waals surface area contributed by atoms with Gasteiger partial charge in [-0.3, -0.25) is 0 Å². The van der Waals surface area contributed by atoms with Crippen molar-refractivity contribution in [1.82, 2.24) is 4.98 Å². The van der Waals surface area contributed by atoms with E-state index in [1.54, 1.807) is 30.5 Å². The zero-order valence-corrected chi connectivity index (χ0v) is 10.8. The summed E-state index contributed by atoms with van der Waals surface area (Å²) in [5.41, 5.74) is 2.03. The maximum absolute atomic E-state index is 9.44. The van der Waals surface area contributed by atoms with E-state index in [1.165, 1.54) is 0 Å². The monoisotopic (exact) mass is 273 g/mol. The van der Waals surface area contributed by atoms with Crippen LogP contribution in [-0.4, -0.2) is 16.7 Å². The summed E-state index contributed by atoms with van der Waals surface area (Å²) < 4.78 is 0. The van der Waals surface area contributed by atoms with E-state index in [0.717, 1.165) is 11.3 Å². The van der Waals surface area contributed by atoms with Crippen LogP contribution in [-0.2, 0) is 0 Å². The Hall–Kier alpha value is -2.09. The molecule has 4 nitrogen and oxygen atoms in total. The van der Waals surface area contributed by atoms with E-state index in [0.29, 0.717) is 10.7 Å². The van der Waals surface area contributed by atoms with Gasteiger partial charge in [-0.25, -0.2) is 4.98 Å². The average Bonchev–Trinajstić information content (AvgIpc) is 2.46. The van der Waals surface area contributed by atoms with Crippen LogP contribution in [0.5, 0.6) is 0 Å². The van der Waals surface area contributed by atoms with Crippen LogP contribution in [0, 0.1) is 11.3 Å². The standard InChI is InChI=1S/C14H12ClN3O/c15-11-3-1-10(2-4-11)14(9-19)18-13-6-5-12(7-16)17-8-13/h1-6,8,14,18-19H,9H2. The van der Waals surface area contributed by atoms with Gasteiger partial charge in [0.25, 0.3) is 0 Å². The van der Waals surface area contributed by atoms with E-state index in [-0.39, 0.29) is 12.6 Å². The normalized spacial score (nSPS) is 11.6. The first-order valence-corrected chi connectivity index (χ1v) is 6.09. The number of aliphatic hydroxyl groups is 1. The number of hydrogen-bond acceptors (Lipinski definition) is 4. The smallest absolute Gasteiger partial charge is 0.140 e. The van der Waals surface area contributed by atoms with Gasteiger partial charge in [0.1, 0.15) is 11.8 Å². The summed E-state index contributed by atoms with van der Waals surface area (Å²) in [5.74, 6) is 0. The number of benzene rings is 1. The molecular weight excluding hydrogens is 262 g/mol. The average molecular weight is 274 g/mol. The molecule has 2 N–H and O–H groups in total. The maximum atomic E-state index is 9.44. The third kappa shape index (κ3) is 3.44. The van der Waals surface area contributed by atoms with Crippen molar-refractivity contribution < 1.29 is 5.11 Å². The molecule has 1 unspecified atom stereocenters. The van der Waals surface area contributed by atoms with Crippen LogP contribution < -0.4 is 5.32 Å². The molecule has 0 radical (unpaired) electrons. The Bertz CT molecular complexity index is 575. The van der Waals surface area contributed by atoms with Gasteiger partial charge in [-0.2, -0.15) is 5.26 Å². The van der Waals surface area contributed by atoms with Crippen LogP contribution in [0.25, 0.3) is 0 Å². The minimum atomic E-state index is -0.244. The van der Waals surface area contributed by atoms with Crippen LogP contribution >= 0.6 is 11.6 Å². The highest BCUT2D eigenvalue weighted by atomic mass is 35.5. The third-order valence-electron chi connectivity index (χ3n) is 2.67. The highest BCUT2D eigenvalue weighted by Gasteiger charge is 2.10. The van der Waals surface area contributed by atoms with Crippen LogP contribution in [0.2, 0.25) is 5.02 Å². The number of hydrogen-bond donors (Lipinski definition) is 2. The summed E-state index contributed by atoms with van der Waals surface area (Å²) >= 11 is 5.83. The molecule has 1 heterocycles. The highest BCUT2D eigenvalue weighted by Crippen LogP contribution is 2.20. The van der Waals surface area contributed by atoms with Gasteiger partial charge in [-0.05, 0) is 29.8 Å². The van der Waals surface area contributed by atoms with Gasteiger partial charge in [0.2, 0.25) is 0 Å². The first-order valence-electron chi connectivity index (χ1n) is 5.72.